The minimum absolute atomic E-state index is 0.000984. The Balaban J connectivity index is 1.45. The summed E-state index contributed by atoms with van der Waals surface area (Å²) in [5.41, 5.74) is 50.3. The number of fused-ring (bicyclic) bond motifs is 3. The number of amides is 11. The Morgan fingerprint density at radius 1 is 0.433 bits per heavy atom. The highest BCUT2D eigenvalue weighted by Crippen LogP contribution is 2.33. The molecule has 3 aromatic rings. The number of rotatable bonds is 63. The lowest BCUT2D eigenvalue weighted by atomic mass is 10.0. The van der Waals surface area contributed by atoms with Gasteiger partial charge in [-0.3, -0.25) is 100 Å². The zero-order valence-corrected chi connectivity index (χ0v) is 74.0. The van der Waals surface area contributed by atoms with Crippen LogP contribution in [-0.4, -0.2) is 259 Å². The van der Waals surface area contributed by atoms with Gasteiger partial charge in [-0.25, -0.2) is 4.98 Å². The molecule has 0 aliphatic carbocycles. The number of nitrogens with two attached hydrogens (primary N) is 9. The molecule has 4 rings (SSSR count). The predicted molar refractivity (Wildman–Crippen MR) is 485 cm³/mol. The van der Waals surface area contributed by atoms with Crippen molar-refractivity contribution in [2.24, 2.45) is 51.6 Å². The number of carbonyl (C=O) groups excluding carboxylic acids is 11. The number of halogens is 1. The SMILES string of the molecule is N=C(N)NCCCC(NC(=O)[C@@H](CCCNC(=N)N)NC(=O)CCCCCNC(=O)[C@@H](CCCNC(=N)N)NC(=O)CCCCCNC(=O)[C@H]1C[C@H](O)CN1Cc1nc2c(sc3ccc(Br)cc32)c(=O)[nH]1)C(=O)N[C@H](CCCNC(=N)N)C(=O)NC(CCCNC(=N)N)C(=O)N[C@H](CCCNC(=N)N)C(=O)NC(CCCNC(=N)N)C(=O)N[C@H](CCCCN)C(N)=O. The van der Waals surface area contributed by atoms with Gasteiger partial charge in [0.1, 0.15) is 58.9 Å². The fourth-order valence-electron chi connectivity index (χ4n) is 13.6. The molecule has 127 heavy (non-hydrogen) atoms. The van der Waals surface area contributed by atoms with E-state index in [-0.39, 0.29) is 217 Å². The van der Waals surface area contributed by atoms with E-state index in [1.54, 1.807) is 4.90 Å². The van der Waals surface area contributed by atoms with E-state index >= 15 is 0 Å². The molecule has 44 N–H and O–H groups in total. The van der Waals surface area contributed by atoms with E-state index in [9.17, 15) is 62.6 Å². The molecule has 10 atom stereocenters. The Hall–Kier alpha value is -12.3. The Morgan fingerprint density at radius 2 is 0.764 bits per heavy atom. The van der Waals surface area contributed by atoms with Crippen LogP contribution in [0.4, 0.5) is 0 Å². The third kappa shape index (κ3) is 43.5. The summed E-state index contributed by atoms with van der Waals surface area (Å²) in [5, 5.41) is 111. The number of benzene rings is 1. The normalized spacial score (nSPS) is 14.8. The summed E-state index contributed by atoms with van der Waals surface area (Å²) >= 11 is 4.83. The van der Waals surface area contributed by atoms with Gasteiger partial charge in [0.15, 0.2) is 41.7 Å². The molecule has 708 valence electrons. The fourth-order valence-corrected chi connectivity index (χ4v) is 15.0. The fraction of sp³-hybridized carbons (Fsp3) is 0.632. The molecule has 0 radical (unpaired) electrons. The molecule has 3 heterocycles. The van der Waals surface area contributed by atoms with E-state index in [1.807, 2.05) is 18.2 Å². The van der Waals surface area contributed by atoms with Crippen LogP contribution in [0.2, 0.25) is 0 Å². The Bertz CT molecular complexity index is 4250. The maximum Gasteiger partial charge on any atom is 0.268 e. The lowest BCUT2D eigenvalue weighted by Crippen LogP contribution is -2.60. The zero-order chi connectivity index (χ0) is 93.9. The van der Waals surface area contributed by atoms with Crippen LogP contribution < -0.4 is 148 Å². The number of likely N-dealkylation sites (tertiary alicyclic amines) is 1. The van der Waals surface area contributed by atoms with Crippen LogP contribution in [0.25, 0.3) is 20.3 Å². The number of carbonyl (C=O) groups is 11. The smallest absolute Gasteiger partial charge is 0.268 e. The first-order valence-electron chi connectivity index (χ1n) is 42.5. The highest BCUT2D eigenvalue weighted by Gasteiger charge is 2.38. The minimum atomic E-state index is -1.54. The lowest BCUT2D eigenvalue weighted by molar-refractivity contribution is -0.136. The molecule has 1 aliphatic rings. The van der Waals surface area contributed by atoms with Gasteiger partial charge in [0.25, 0.3) is 5.56 Å². The van der Waals surface area contributed by atoms with Crippen molar-refractivity contribution in [3.63, 3.8) is 0 Å². The minimum Gasteiger partial charge on any atom is -0.392 e. The van der Waals surface area contributed by atoms with Crippen molar-refractivity contribution in [3.8, 4) is 0 Å². The van der Waals surface area contributed by atoms with Crippen molar-refractivity contribution >= 4 is 154 Å². The van der Waals surface area contributed by atoms with Crippen LogP contribution in [0, 0.1) is 37.9 Å². The van der Waals surface area contributed by atoms with Crippen LogP contribution in [0.3, 0.4) is 0 Å². The maximum atomic E-state index is 14.9. The quantitative estimate of drug-likeness (QED) is 0.0142. The van der Waals surface area contributed by atoms with Crippen molar-refractivity contribution in [3.05, 3.63) is 38.9 Å². The molecule has 1 fully saturated rings. The third-order valence-corrected chi connectivity index (χ3v) is 21.8. The van der Waals surface area contributed by atoms with Crippen LogP contribution in [0.15, 0.2) is 27.5 Å². The van der Waals surface area contributed by atoms with Gasteiger partial charge in [0, 0.05) is 92.8 Å². The van der Waals surface area contributed by atoms with Gasteiger partial charge < -0.3 is 152 Å². The number of β-amino-alcohol motifs (C(OH)–C–C–N with tert-alkyl or cyclic N) is 1. The standard InChI is InChI=1S/C76H133BrN36O13S/c77-42-26-27-54-44(38-42)58-59(127-54)69(126)112-55(111-58)41-113-40-43(114)39-53(113)68(125)95-30-8-2-4-24-56(115)103-46(17-9-31-96-70(80)81)61(118)94-29-7-1-3-25-57(116)104-47(18-10-32-97-71(82)83)62(119)106-49(20-12-34-99-73(86)87)64(121)108-51(22-14-36-101-75(90)91)66(123)110-52(23-15-37-102-76(92)93)67(124)109-50(21-13-35-100-74(88)89)65(122)107-48(19-11-33-98-72(84)85)63(120)105-45(60(79)117)16-5-6-28-78/h26-27,38,43,45-53,114H,1-25,28-37,39-41,78H2,(H2,79,117)(H,94,118)(H,95,125)(H,103,115)(H,104,116)(H,105,120)(H,106,119)(H,107,122)(H,108,121)(H,109,124)(H,110,123)(H4,80,81,96)(H4,82,83,97)(H4,84,85,98)(H4,86,87,99)(H4,88,89,100)(H4,90,91,101)(H4,92,93,102)(H,111,112,126)/t43-,45+,46+,47+,48?,49?,50+,51+,52?,53+/m0/s1. The molecule has 1 aliphatic heterocycles. The summed E-state index contributed by atoms with van der Waals surface area (Å²) in [5.74, 6) is -10.3. The largest absolute Gasteiger partial charge is 0.392 e. The van der Waals surface area contributed by atoms with Crippen LogP contribution in [-0.2, 0) is 59.3 Å². The number of aromatic amines is 1. The topological polar surface area (TPSA) is 863 Å². The van der Waals surface area contributed by atoms with Crippen molar-refractivity contribution in [2.45, 2.75) is 234 Å². The molecular formula is C76H133BrN36O13S. The molecule has 0 spiro atoms. The molecule has 0 saturated carbocycles. The van der Waals surface area contributed by atoms with Crippen LogP contribution >= 0.6 is 27.3 Å². The lowest BCUT2D eigenvalue weighted by Gasteiger charge is -2.28. The molecule has 49 nitrogen and oxygen atoms in total. The summed E-state index contributed by atoms with van der Waals surface area (Å²) in [7, 11) is 0. The monoisotopic (exact) mass is 1870 g/mol. The average molecular weight is 1870 g/mol. The van der Waals surface area contributed by atoms with Gasteiger partial charge in [-0.05, 0) is 166 Å². The average Bonchev–Trinajstić information content (AvgIpc) is 1.62. The van der Waals surface area contributed by atoms with Crippen molar-refractivity contribution in [1.29, 1.82) is 37.9 Å². The first-order chi connectivity index (χ1) is 60.4. The van der Waals surface area contributed by atoms with Gasteiger partial charge in [-0.1, -0.05) is 28.8 Å². The second-order valence-electron chi connectivity index (χ2n) is 30.6. The number of aliphatic hydroxyl groups excluding tert-OH is 1. The van der Waals surface area contributed by atoms with E-state index in [0.29, 0.717) is 74.0 Å². The van der Waals surface area contributed by atoms with Gasteiger partial charge in [-0.2, -0.15) is 0 Å². The van der Waals surface area contributed by atoms with Crippen LogP contribution in [0.1, 0.15) is 173 Å². The molecule has 3 unspecified atom stereocenters. The number of nitrogens with one attached hydrogen (secondary N) is 25. The molecule has 1 saturated heterocycles. The number of hydrogen-bond acceptors (Lipinski definition) is 24. The number of unbranched alkanes of at least 4 members (excludes halogenated alkanes) is 5. The highest BCUT2D eigenvalue weighted by molar-refractivity contribution is 9.10. The van der Waals surface area contributed by atoms with Gasteiger partial charge >= 0.3 is 0 Å². The van der Waals surface area contributed by atoms with E-state index in [4.69, 9.17) is 94.5 Å². The zero-order valence-electron chi connectivity index (χ0n) is 71.6. The Morgan fingerprint density at radius 3 is 1.12 bits per heavy atom. The van der Waals surface area contributed by atoms with Gasteiger partial charge in [-0.15, -0.1) is 11.3 Å². The first kappa shape index (κ1) is 107. The first-order valence-corrected chi connectivity index (χ1v) is 44.1. The summed E-state index contributed by atoms with van der Waals surface area (Å²) in [6, 6.07) is -5.86. The van der Waals surface area contributed by atoms with Crippen molar-refractivity contribution in [2.75, 3.05) is 72.0 Å². The highest BCUT2D eigenvalue weighted by atomic mass is 79.9. The second-order valence-corrected chi connectivity index (χ2v) is 32.6. The van der Waals surface area contributed by atoms with Gasteiger partial charge in [0.05, 0.1) is 24.2 Å². The summed E-state index contributed by atoms with van der Waals surface area (Å²) in [6.45, 7) is 1.51. The molecule has 1 aromatic carbocycles. The number of nitrogens with zero attached hydrogens (tertiary/aromatic N) is 2. The molecule has 0 bridgehead atoms. The summed E-state index contributed by atoms with van der Waals surface area (Å²) in [6.07, 6.45) is 3.17. The number of aromatic nitrogens is 2. The molecule has 51 heteroatoms. The number of aliphatic hydroxyl groups is 1. The Labute approximate surface area is 748 Å². The van der Waals surface area contributed by atoms with E-state index in [0.717, 1.165) is 14.6 Å². The predicted octanol–water partition coefficient (Wildman–Crippen LogP) is -6.48. The Kier molecular flexibility index (Phi) is 49.6. The molecular weight excluding hydrogens is 1740 g/mol. The van der Waals surface area contributed by atoms with E-state index in [2.05, 4.69) is 111 Å². The second kappa shape index (κ2) is 58.8. The van der Waals surface area contributed by atoms with E-state index < -0.39 is 143 Å². The summed E-state index contributed by atoms with van der Waals surface area (Å²) < 4.78 is 2.22. The van der Waals surface area contributed by atoms with E-state index in [1.165, 1.54) is 11.3 Å². The number of H-pyrrole nitrogens is 1. The van der Waals surface area contributed by atoms with Crippen LogP contribution in [0.5, 0.6) is 0 Å². The molecule has 2 aromatic heterocycles. The number of guanidine groups is 7. The summed E-state index contributed by atoms with van der Waals surface area (Å²) in [4.78, 5) is 177. The van der Waals surface area contributed by atoms with Crippen molar-refractivity contribution in [1.82, 2.24) is 105 Å². The number of thiophene rings is 1. The van der Waals surface area contributed by atoms with Crippen molar-refractivity contribution < 1.29 is 57.8 Å². The number of primary amides is 1. The maximum absolute atomic E-state index is 14.9. The number of hydrogen-bond donors (Lipinski definition) is 35. The van der Waals surface area contributed by atoms with Gasteiger partial charge in [0.2, 0.25) is 65.0 Å². The molecule has 11 amide bonds. The third-order valence-electron chi connectivity index (χ3n) is 20.1.